The molecule has 98 valence electrons. The lowest BCUT2D eigenvalue weighted by molar-refractivity contribution is 0.0697. The zero-order valence-corrected chi connectivity index (χ0v) is 11.1. The minimum Gasteiger partial charge on any atom is -0.494 e. The fourth-order valence-corrected chi connectivity index (χ4v) is 2.06. The van der Waals surface area contributed by atoms with Gasteiger partial charge in [-0.3, -0.25) is 0 Å². The first-order chi connectivity index (χ1) is 9.11. The van der Waals surface area contributed by atoms with Gasteiger partial charge in [0.25, 0.3) is 0 Å². The molecule has 2 aromatic carbocycles. The summed E-state index contributed by atoms with van der Waals surface area (Å²) in [5.74, 6) is -0.252. The van der Waals surface area contributed by atoms with Gasteiger partial charge in [-0.15, -0.1) is 0 Å². The summed E-state index contributed by atoms with van der Waals surface area (Å²) in [6, 6.07) is 12.5. The van der Waals surface area contributed by atoms with Crippen LogP contribution in [-0.2, 0) is 0 Å². The molecule has 0 radical (unpaired) electrons. The van der Waals surface area contributed by atoms with Crippen molar-refractivity contribution in [1.82, 2.24) is 0 Å². The zero-order valence-electron chi connectivity index (χ0n) is 10.4. The number of carbonyl (C=O) groups is 1. The van der Waals surface area contributed by atoms with Gasteiger partial charge in [0.2, 0.25) is 0 Å². The summed E-state index contributed by atoms with van der Waals surface area (Å²) in [4.78, 5) is 10.9. The van der Waals surface area contributed by atoms with Crippen molar-refractivity contribution in [3.8, 4) is 16.9 Å². The maximum atomic E-state index is 10.9. The second kappa shape index (κ2) is 5.76. The van der Waals surface area contributed by atoms with Crippen molar-refractivity contribution in [2.45, 2.75) is 6.92 Å². The van der Waals surface area contributed by atoms with Crippen LogP contribution in [0, 0.1) is 0 Å². The Morgan fingerprint density at radius 2 is 1.95 bits per heavy atom. The van der Waals surface area contributed by atoms with E-state index >= 15 is 0 Å². The molecule has 0 bridgehead atoms. The number of halogens is 1. The first-order valence-electron chi connectivity index (χ1n) is 5.88. The average molecular weight is 277 g/mol. The minimum atomic E-state index is -1.03. The normalized spacial score (nSPS) is 10.2. The van der Waals surface area contributed by atoms with E-state index in [-0.39, 0.29) is 10.6 Å². The third-order valence-corrected chi connectivity index (χ3v) is 2.99. The van der Waals surface area contributed by atoms with Crippen LogP contribution in [0.4, 0.5) is 0 Å². The lowest BCUT2D eigenvalue weighted by Gasteiger charge is -2.07. The first kappa shape index (κ1) is 13.4. The molecule has 0 aliphatic rings. The number of hydrogen-bond donors (Lipinski definition) is 1. The lowest BCUT2D eigenvalue weighted by atomic mass is 10.0. The number of carboxylic acid groups (broad SMARTS) is 1. The first-order valence-corrected chi connectivity index (χ1v) is 6.25. The van der Waals surface area contributed by atoms with Crippen LogP contribution in [-0.4, -0.2) is 17.7 Å². The van der Waals surface area contributed by atoms with Crippen LogP contribution in [0.1, 0.15) is 17.3 Å². The highest BCUT2D eigenvalue weighted by atomic mass is 35.5. The van der Waals surface area contributed by atoms with Crippen LogP contribution in [0.15, 0.2) is 42.5 Å². The molecule has 0 amide bonds. The Morgan fingerprint density at radius 1 is 1.21 bits per heavy atom. The van der Waals surface area contributed by atoms with Crippen LogP contribution in [0.25, 0.3) is 11.1 Å². The molecule has 4 heteroatoms. The SMILES string of the molecule is CCOc1cccc(-c2ccc(C(=O)O)c(Cl)c2)c1. The van der Waals surface area contributed by atoms with E-state index < -0.39 is 5.97 Å². The second-order valence-corrected chi connectivity index (χ2v) is 4.37. The summed E-state index contributed by atoms with van der Waals surface area (Å²) in [5.41, 5.74) is 1.90. The van der Waals surface area contributed by atoms with E-state index in [0.29, 0.717) is 6.61 Å². The third kappa shape index (κ3) is 3.06. The number of ether oxygens (including phenoxy) is 1. The van der Waals surface area contributed by atoms with Gasteiger partial charge in [-0.25, -0.2) is 4.79 Å². The van der Waals surface area contributed by atoms with Gasteiger partial charge in [0.1, 0.15) is 5.75 Å². The van der Waals surface area contributed by atoms with Gasteiger partial charge in [0, 0.05) is 0 Å². The monoisotopic (exact) mass is 276 g/mol. The Morgan fingerprint density at radius 3 is 2.58 bits per heavy atom. The van der Waals surface area contributed by atoms with Crippen LogP contribution >= 0.6 is 11.6 Å². The highest BCUT2D eigenvalue weighted by Gasteiger charge is 2.09. The highest BCUT2D eigenvalue weighted by Crippen LogP contribution is 2.28. The number of carboxylic acids is 1. The Bertz CT molecular complexity index is 608. The van der Waals surface area contributed by atoms with Gasteiger partial charge in [-0.2, -0.15) is 0 Å². The third-order valence-electron chi connectivity index (χ3n) is 2.68. The largest absolute Gasteiger partial charge is 0.494 e. The fourth-order valence-electron chi connectivity index (χ4n) is 1.80. The molecule has 0 saturated carbocycles. The Balaban J connectivity index is 2.39. The minimum absolute atomic E-state index is 0.103. The topological polar surface area (TPSA) is 46.5 Å². The Kier molecular flexibility index (Phi) is 4.07. The number of aromatic carboxylic acids is 1. The summed E-state index contributed by atoms with van der Waals surface area (Å²) in [5, 5.41) is 9.17. The van der Waals surface area contributed by atoms with Crippen molar-refractivity contribution in [2.75, 3.05) is 6.61 Å². The van der Waals surface area contributed by atoms with Crippen molar-refractivity contribution in [1.29, 1.82) is 0 Å². The molecule has 0 aliphatic heterocycles. The molecule has 3 nitrogen and oxygen atoms in total. The molecule has 2 aromatic rings. The summed E-state index contributed by atoms with van der Waals surface area (Å²) >= 11 is 5.96. The molecule has 0 heterocycles. The van der Waals surface area contributed by atoms with Crippen LogP contribution in [0.5, 0.6) is 5.75 Å². The standard InChI is InChI=1S/C15H13ClO3/c1-2-19-12-5-3-4-10(8-12)11-6-7-13(15(17)18)14(16)9-11/h3-9H,2H2,1H3,(H,17,18). The molecule has 0 unspecified atom stereocenters. The molecule has 0 aliphatic carbocycles. The van der Waals surface area contributed by atoms with E-state index in [1.807, 2.05) is 31.2 Å². The molecule has 1 N–H and O–H groups in total. The van der Waals surface area contributed by atoms with Crippen molar-refractivity contribution in [3.63, 3.8) is 0 Å². The van der Waals surface area contributed by atoms with Gasteiger partial charge in [-0.1, -0.05) is 29.8 Å². The average Bonchev–Trinajstić information content (AvgIpc) is 2.39. The van der Waals surface area contributed by atoms with E-state index in [0.717, 1.165) is 16.9 Å². The summed E-state index contributed by atoms with van der Waals surface area (Å²) in [6.45, 7) is 2.52. The predicted octanol–water partition coefficient (Wildman–Crippen LogP) is 4.10. The van der Waals surface area contributed by atoms with Crippen molar-refractivity contribution < 1.29 is 14.6 Å². The predicted molar refractivity (Wildman–Crippen MR) is 75.0 cm³/mol. The van der Waals surface area contributed by atoms with Gasteiger partial charge in [-0.05, 0) is 42.3 Å². The summed E-state index contributed by atoms with van der Waals surface area (Å²) < 4.78 is 5.43. The van der Waals surface area contributed by atoms with Crippen molar-refractivity contribution >= 4 is 17.6 Å². The molecule has 0 aromatic heterocycles. The maximum Gasteiger partial charge on any atom is 0.337 e. The van der Waals surface area contributed by atoms with Crippen molar-refractivity contribution in [2.24, 2.45) is 0 Å². The number of benzene rings is 2. The second-order valence-electron chi connectivity index (χ2n) is 3.96. The maximum absolute atomic E-state index is 10.9. The number of rotatable bonds is 4. The van der Waals surface area contributed by atoms with Crippen molar-refractivity contribution in [3.05, 3.63) is 53.1 Å². The van der Waals surface area contributed by atoms with E-state index in [2.05, 4.69) is 0 Å². The quantitative estimate of drug-likeness (QED) is 0.914. The van der Waals surface area contributed by atoms with Gasteiger partial charge >= 0.3 is 5.97 Å². The Hall–Kier alpha value is -2.00. The molecule has 0 spiro atoms. The molecule has 0 saturated heterocycles. The summed E-state index contributed by atoms with van der Waals surface area (Å²) in [7, 11) is 0. The molecule has 19 heavy (non-hydrogen) atoms. The fraction of sp³-hybridized carbons (Fsp3) is 0.133. The van der Waals surface area contributed by atoms with Crippen LogP contribution in [0.3, 0.4) is 0 Å². The van der Waals surface area contributed by atoms with E-state index in [4.69, 9.17) is 21.4 Å². The van der Waals surface area contributed by atoms with Crippen LogP contribution < -0.4 is 4.74 Å². The molecule has 0 fully saturated rings. The summed E-state index contributed by atoms with van der Waals surface area (Å²) in [6.07, 6.45) is 0. The molecule has 2 rings (SSSR count). The van der Waals surface area contributed by atoms with Gasteiger partial charge in [0.05, 0.1) is 17.2 Å². The molecular formula is C15H13ClO3. The van der Waals surface area contributed by atoms with E-state index in [9.17, 15) is 4.79 Å². The van der Waals surface area contributed by atoms with E-state index in [1.54, 1.807) is 12.1 Å². The lowest BCUT2D eigenvalue weighted by Crippen LogP contribution is -1.97. The molecular weight excluding hydrogens is 264 g/mol. The number of hydrogen-bond acceptors (Lipinski definition) is 2. The Labute approximate surface area is 116 Å². The van der Waals surface area contributed by atoms with Gasteiger partial charge < -0.3 is 9.84 Å². The van der Waals surface area contributed by atoms with Gasteiger partial charge in [0.15, 0.2) is 0 Å². The highest BCUT2D eigenvalue weighted by molar-refractivity contribution is 6.33. The van der Waals surface area contributed by atoms with Crippen LogP contribution in [0.2, 0.25) is 5.02 Å². The smallest absolute Gasteiger partial charge is 0.337 e. The molecule has 0 atom stereocenters. The van der Waals surface area contributed by atoms with E-state index in [1.165, 1.54) is 6.07 Å². The zero-order chi connectivity index (χ0) is 13.8.